The van der Waals surface area contributed by atoms with E-state index in [1.54, 1.807) is 30.3 Å². The van der Waals surface area contributed by atoms with Crippen molar-refractivity contribution in [3.8, 4) is 28.7 Å². The van der Waals surface area contributed by atoms with E-state index in [4.69, 9.17) is 28.4 Å². The summed E-state index contributed by atoms with van der Waals surface area (Å²) in [4.78, 5) is 0. The Morgan fingerprint density at radius 3 is 2.15 bits per heavy atom. The predicted octanol–water partition coefficient (Wildman–Crippen LogP) is 0.486. The van der Waals surface area contributed by atoms with E-state index in [2.05, 4.69) is 0 Å². The number of hydrogen-bond donors (Lipinski definition) is 6. The van der Waals surface area contributed by atoms with Gasteiger partial charge in [-0.1, -0.05) is 6.07 Å². The fourth-order valence-corrected chi connectivity index (χ4v) is 5.14. The van der Waals surface area contributed by atoms with Crippen molar-refractivity contribution in [1.82, 2.24) is 0 Å². The number of phenolic OH excluding ortho intramolecular Hbond substituents is 2. The molecule has 0 spiro atoms. The maximum Gasteiger partial charge on any atom is 0.200 e. The molecule has 2 aliphatic heterocycles. The number of phenols is 2. The predicted molar refractivity (Wildman–Crippen MR) is 135 cm³/mol. The van der Waals surface area contributed by atoms with Crippen LogP contribution in [0, 0.1) is 11.8 Å². The average Bonchev–Trinajstić information content (AvgIpc) is 3.34. The quantitative estimate of drug-likeness (QED) is 0.241. The lowest BCUT2D eigenvalue weighted by Gasteiger charge is -2.40. The highest BCUT2D eigenvalue weighted by atomic mass is 16.7. The van der Waals surface area contributed by atoms with Gasteiger partial charge in [-0.2, -0.15) is 0 Å². The van der Waals surface area contributed by atoms with Crippen LogP contribution in [-0.2, 0) is 20.6 Å². The molecule has 39 heavy (non-hydrogen) atoms. The van der Waals surface area contributed by atoms with E-state index in [-0.39, 0.29) is 41.4 Å². The number of aromatic hydroxyl groups is 2. The number of rotatable bonds is 10. The molecule has 2 aromatic rings. The van der Waals surface area contributed by atoms with Crippen LogP contribution >= 0.6 is 0 Å². The van der Waals surface area contributed by atoms with E-state index in [0.717, 1.165) is 5.56 Å². The van der Waals surface area contributed by atoms with Crippen LogP contribution in [0.5, 0.6) is 28.7 Å². The van der Waals surface area contributed by atoms with Gasteiger partial charge < -0.3 is 59.1 Å². The van der Waals surface area contributed by atoms with Crippen molar-refractivity contribution >= 4 is 0 Å². The molecule has 0 amide bonds. The molecule has 6 N–H and O–H groups in total. The summed E-state index contributed by atoms with van der Waals surface area (Å²) in [5.74, 6) is 0.180. The van der Waals surface area contributed by atoms with Gasteiger partial charge in [0.25, 0.3) is 0 Å². The van der Waals surface area contributed by atoms with Gasteiger partial charge in [0.2, 0.25) is 5.75 Å². The molecule has 0 unspecified atom stereocenters. The van der Waals surface area contributed by atoms with Gasteiger partial charge in [-0.05, 0) is 47.7 Å². The zero-order chi connectivity index (χ0) is 28.3. The topological polar surface area (TPSA) is 177 Å². The SMILES string of the molecule is COc1cc(C[C@H]2CO[C@H](c3cc(OC)c(O)c(OC)c3)[C@H]2CO[C@@H]2O[C@H](CO)[C@@H](O)[C@H](O)[C@H]2O)ccc1O. The Kier molecular flexibility index (Phi) is 9.39. The molecular weight excluding hydrogens is 516 g/mol. The third-order valence-corrected chi connectivity index (χ3v) is 7.36. The molecule has 2 heterocycles. The van der Waals surface area contributed by atoms with E-state index in [9.17, 15) is 30.6 Å². The highest BCUT2D eigenvalue weighted by Gasteiger charge is 2.46. The van der Waals surface area contributed by atoms with Gasteiger partial charge in [0.15, 0.2) is 29.3 Å². The van der Waals surface area contributed by atoms with Crippen LogP contribution < -0.4 is 14.2 Å². The number of aliphatic hydroxyl groups is 4. The van der Waals surface area contributed by atoms with Crippen LogP contribution in [0.1, 0.15) is 17.2 Å². The van der Waals surface area contributed by atoms with Gasteiger partial charge >= 0.3 is 0 Å². The summed E-state index contributed by atoms with van der Waals surface area (Å²) in [5.41, 5.74) is 1.55. The van der Waals surface area contributed by atoms with Gasteiger partial charge in [0, 0.05) is 5.92 Å². The zero-order valence-electron chi connectivity index (χ0n) is 22.0. The fourth-order valence-electron chi connectivity index (χ4n) is 5.14. The van der Waals surface area contributed by atoms with E-state index in [1.807, 2.05) is 0 Å². The van der Waals surface area contributed by atoms with Gasteiger partial charge in [-0.3, -0.25) is 0 Å². The maximum atomic E-state index is 10.5. The molecule has 0 aliphatic carbocycles. The minimum Gasteiger partial charge on any atom is -0.504 e. The minimum absolute atomic E-state index is 0.0126. The van der Waals surface area contributed by atoms with Crippen LogP contribution in [-0.4, -0.2) is 102 Å². The summed E-state index contributed by atoms with van der Waals surface area (Å²) in [7, 11) is 4.32. The van der Waals surface area contributed by atoms with Crippen LogP contribution in [0.4, 0.5) is 0 Å². The molecule has 12 heteroatoms. The molecule has 2 saturated heterocycles. The first kappa shape index (κ1) is 29.2. The molecule has 0 aromatic heterocycles. The Balaban J connectivity index is 1.62. The lowest BCUT2D eigenvalue weighted by atomic mass is 9.84. The first-order valence-electron chi connectivity index (χ1n) is 12.6. The average molecular weight is 553 g/mol. The van der Waals surface area contributed by atoms with Gasteiger partial charge in [-0.15, -0.1) is 0 Å². The molecule has 0 saturated carbocycles. The van der Waals surface area contributed by atoms with Crippen molar-refractivity contribution in [2.45, 2.75) is 43.2 Å². The highest BCUT2D eigenvalue weighted by molar-refractivity contribution is 5.53. The van der Waals surface area contributed by atoms with Crippen LogP contribution in [0.15, 0.2) is 30.3 Å². The summed E-state index contributed by atoms with van der Waals surface area (Å²) in [6.45, 7) is -0.223. The summed E-state index contributed by atoms with van der Waals surface area (Å²) in [6.07, 6.45) is -7.03. The summed E-state index contributed by atoms with van der Waals surface area (Å²) < 4.78 is 33.6. The van der Waals surface area contributed by atoms with E-state index in [1.165, 1.54) is 21.3 Å². The largest absolute Gasteiger partial charge is 0.504 e. The molecule has 2 aliphatic rings. The summed E-state index contributed by atoms with van der Waals surface area (Å²) >= 11 is 0. The molecule has 2 aromatic carbocycles. The number of benzene rings is 2. The van der Waals surface area contributed by atoms with Crippen molar-refractivity contribution < 1.29 is 59.1 Å². The second-order valence-corrected chi connectivity index (χ2v) is 9.69. The Bertz CT molecular complexity index is 1080. The Morgan fingerprint density at radius 2 is 1.54 bits per heavy atom. The Labute approximate surface area is 225 Å². The second-order valence-electron chi connectivity index (χ2n) is 9.69. The van der Waals surface area contributed by atoms with Gasteiger partial charge in [0.1, 0.15) is 24.4 Å². The Morgan fingerprint density at radius 1 is 0.872 bits per heavy atom. The van der Waals surface area contributed by atoms with Crippen LogP contribution in [0.2, 0.25) is 0 Å². The van der Waals surface area contributed by atoms with Crippen molar-refractivity contribution in [3.05, 3.63) is 41.5 Å². The number of methoxy groups -OCH3 is 3. The van der Waals surface area contributed by atoms with Gasteiger partial charge in [0.05, 0.1) is 47.3 Å². The fraction of sp³-hybridized carbons (Fsp3) is 0.556. The monoisotopic (exact) mass is 552 g/mol. The summed E-state index contributed by atoms with van der Waals surface area (Å²) in [6, 6.07) is 8.37. The lowest BCUT2D eigenvalue weighted by Crippen LogP contribution is -2.59. The standard InChI is InChI=1S/C27H36O12/c1-34-18-7-13(4-5-17(18)29)6-15-11-37-26(14-8-19(35-2)22(30)20(9-14)36-3)16(15)12-38-27-25(33)24(32)23(31)21(10-28)39-27/h4-5,7-9,15-16,21,23-33H,6,10-12H2,1-3H3/t15-,16-,21+,23+,24-,25+,26+,27+/m0/s1. The first-order chi connectivity index (χ1) is 18.7. The maximum absolute atomic E-state index is 10.5. The second kappa shape index (κ2) is 12.6. The molecule has 12 nitrogen and oxygen atoms in total. The molecule has 0 radical (unpaired) electrons. The number of hydrogen-bond acceptors (Lipinski definition) is 12. The third-order valence-electron chi connectivity index (χ3n) is 7.36. The van der Waals surface area contributed by atoms with E-state index in [0.29, 0.717) is 24.3 Å². The zero-order valence-corrected chi connectivity index (χ0v) is 22.0. The highest BCUT2D eigenvalue weighted by Crippen LogP contribution is 2.46. The van der Waals surface area contributed by atoms with Crippen LogP contribution in [0.25, 0.3) is 0 Å². The molecule has 2 fully saturated rings. The minimum atomic E-state index is -1.57. The molecule has 8 atom stereocenters. The normalized spacial score (nSPS) is 30.7. The first-order valence-corrected chi connectivity index (χ1v) is 12.6. The van der Waals surface area contributed by atoms with Crippen molar-refractivity contribution in [2.24, 2.45) is 11.8 Å². The number of aliphatic hydroxyl groups excluding tert-OH is 4. The van der Waals surface area contributed by atoms with Crippen LogP contribution in [0.3, 0.4) is 0 Å². The summed E-state index contributed by atoms with van der Waals surface area (Å²) in [5, 5.41) is 60.6. The smallest absolute Gasteiger partial charge is 0.200 e. The van der Waals surface area contributed by atoms with Gasteiger partial charge in [-0.25, -0.2) is 0 Å². The van der Waals surface area contributed by atoms with Crippen molar-refractivity contribution in [3.63, 3.8) is 0 Å². The Hall–Kier alpha value is -2.84. The third kappa shape index (κ3) is 6.02. The molecule has 0 bridgehead atoms. The van der Waals surface area contributed by atoms with E-state index >= 15 is 0 Å². The van der Waals surface area contributed by atoms with Crippen molar-refractivity contribution in [1.29, 1.82) is 0 Å². The molecule has 216 valence electrons. The van der Waals surface area contributed by atoms with E-state index < -0.39 is 43.4 Å². The molecule has 4 rings (SSSR count). The lowest BCUT2D eigenvalue weighted by molar-refractivity contribution is -0.304. The number of ether oxygens (including phenoxy) is 6. The molecular formula is C27H36O12. The van der Waals surface area contributed by atoms with Crippen molar-refractivity contribution in [2.75, 3.05) is 41.2 Å².